The van der Waals surface area contributed by atoms with Crippen LogP contribution in [0, 0.1) is 0 Å². The Morgan fingerprint density at radius 3 is 2.28 bits per heavy atom. The molecule has 18 heavy (non-hydrogen) atoms. The Bertz CT molecular complexity index is 554. The van der Waals surface area contributed by atoms with Crippen LogP contribution >= 0.6 is 34.8 Å². The standard InChI is InChI=1S/C14H11Cl3O/c15-11-4-2-1-3-10(11)14(18)8-9-5-6-12(16)13(17)7-9/h1-7,14,18H,8H2. The Labute approximate surface area is 121 Å². The van der Waals surface area contributed by atoms with Crippen molar-refractivity contribution in [3.8, 4) is 0 Å². The Kier molecular flexibility index (Phi) is 4.52. The highest BCUT2D eigenvalue weighted by Gasteiger charge is 2.12. The summed E-state index contributed by atoms with van der Waals surface area (Å²) in [5.41, 5.74) is 1.63. The summed E-state index contributed by atoms with van der Waals surface area (Å²) in [6.45, 7) is 0. The zero-order valence-corrected chi connectivity index (χ0v) is 11.7. The van der Waals surface area contributed by atoms with Gasteiger partial charge in [-0.3, -0.25) is 0 Å². The van der Waals surface area contributed by atoms with Crippen molar-refractivity contribution in [2.75, 3.05) is 0 Å². The fourth-order valence-corrected chi connectivity index (χ4v) is 2.33. The van der Waals surface area contributed by atoms with Crippen molar-refractivity contribution in [3.05, 3.63) is 68.7 Å². The molecule has 1 N–H and O–H groups in total. The van der Waals surface area contributed by atoms with E-state index in [4.69, 9.17) is 34.8 Å². The van der Waals surface area contributed by atoms with Crippen LogP contribution in [-0.4, -0.2) is 5.11 Å². The molecule has 2 aromatic carbocycles. The zero-order valence-electron chi connectivity index (χ0n) is 9.41. The second kappa shape index (κ2) is 5.94. The van der Waals surface area contributed by atoms with Crippen LogP contribution in [0.25, 0.3) is 0 Å². The van der Waals surface area contributed by atoms with Crippen LogP contribution in [0.5, 0.6) is 0 Å². The van der Waals surface area contributed by atoms with E-state index >= 15 is 0 Å². The topological polar surface area (TPSA) is 20.2 Å². The van der Waals surface area contributed by atoms with E-state index in [2.05, 4.69) is 0 Å². The largest absolute Gasteiger partial charge is 0.388 e. The van der Waals surface area contributed by atoms with Gasteiger partial charge in [0.25, 0.3) is 0 Å². The van der Waals surface area contributed by atoms with E-state index in [0.29, 0.717) is 27.1 Å². The van der Waals surface area contributed by atoms with Gasteiger partial charge in [-0.2, -0.15) is 0 Å². The first-order valence-electron chi connectivity index (χ1n) is 5.44. The average Bonchev–Trinajstić information content (AvgIpc) is 2.34. The third-order valence-electron chi connectivity index (χ3n) is 2.68. The first-order chi connectivity index (χ1) is 8.58. The molecular formula is C14H11Cl3O. The van der Waals surface area contributed by atoms with E-state index in [1.54, 1.807) is 18.2 Å². The van der Waals surface area contributed by atoms with Gasteiger partial charge in [0.05, 0.1) is 16.1 Å². The van der Waals surface area contributed by atoms with Crippen LogP contribution in [0.1, 0.15) is 17.2 Å². The molecule has 0 fully saturated rings. The lowest BCUT2D eigenvalue weighted by Crippen LogP contribution is -2.02. The maximum Gasteiger partial charge on any atom is 0.0844 e. The van der Waals surface area contributed by atoms with Gasteiger partial charge in [0.15, 0.2) is 0 Å². The third-order valence-corrected chi connectivity index (χ3v) is 3.76. The molecule has 1 nitrogen and oxygen atoms in total. The van der Waals surface area contributed by atoms with Crippen molar-refractivity contribution in [2.45, 2.75) is 12.5 Å². The van der Waals surface area contributed by atoms with Crippen LogP contribution in [0.15, 0.2) is 42.5 Å². The van der Waals surface area contributed by atoms with E-state index in [1.807, 2.05) is 24.3 Å². The maximum atomic E-state index is 10.2. The molecule has 2 aromatic rings. The van der Waals surface area contributed by atoms with Gasteiger partial charge in [0.1, 0.15) is 0 Å². The first-order valence-corrected chi connectivity index (χ1v) is 6.57. The van der Waals surface area contributed by atoms with Crippen LogP contribution in [-0.2, 0) is 6.42 Å². The molecule has 0 heterocycles. The number of hydrogen-bond acceptors (Lipinski definition) is 1. The second-order valence-electron chi connectivity index (χ2n) is 3.99. The predicted octanol–water partition coefficient (Wildman–Crippen LogP) is 4.92. The van der Waals surface area contributed by atoms with E-state index in [-0.39, 0.29) is 0 Å². The first kappa shape index (κ1) is 13.7. The Hall–Kier alpha value is -0.730. The van der Waals surface area contributed by atoms with Gasteiger partial charge in [-0.15, -0.1) is 0 Å². The molecule has 0 radical (unpaired) electrons. The molecule has 4 heteroatoms. The zero-order chi connectivity index (χ0) is 13.1. The van der Waals surface area contributed by atoms with Gasteiger partial charge >= 0.3 is 0 Å². The molecule has 0 spiro atoms. The summed E-state index contributed by atoms with van der Waals surface area (Å²) in [6, 6.07) is 12.6. The summed E-state index contributed by atoms with van der Waals surface area (Å²) in [7, 11) is 0. The van der Waals surface area contributed by atoms with Gasteiger partial charge in [-0.05, 0) is 29.3 Å². The minimum Gasteiger partial charge on any atom is -0.388 e. The fraction of sp³-hybridized carbons (Fsp3) is 0.143. The molecule has 0 aromatic heterocycles. The molecule has 0 amide bonds. The normalized spacial score (nSPS) is 12.4. The number of aliphatic hydroxyl groups is 1. The number of rotatable bonds is 3. The van der Waals surface area contributed by atoms with Crippen molar-refractivity contribution in [1.82, 2.24) is 0 Å². The van der Waals surface area contributed by atoms with Crippen molar-refractivity contribution in [1.29, 1.82) is 0 Å². The fourth-order valence-electron chi connectivity index (χ4n) is 1.75. The molecule has 0 aliphatic rings. The Balaban J connectivity index is 2.19. The number of hydrogen-bond donors (Lipinski definition) is 1. The van der Waals surface area contributed by atoms with Crippen LogP contribution in [0.2, 0.25) is 15.1 Å². The van der Waals surface area contributed by atoms with Crippen molar-refractivity contribution in [3.63, 3.8) is 0 Å². The highest BCUT2D eigenvalue weighted by Crippen LogP contribution is 2.28. The van der Waals surface area contributed by atoms with Gasteiger partial charge in [-0.25, -0.2) is 0 Å². The summed E-state index contributed by atoms with van der Waals surface area (Å²) < 4.78 is 0. The molecule has 0 saturated heterocycles. The number of halogens is 3. The molecular weight excluding hydrogens is 291 g/mol. The summed E-state index contributed by atoms with van der Waals surface area (Å²) in [4.78, 5) is 0. The van der Waals surface area contributed by atoms with Crippen LogP contribution in [0.3, 0.4) is 0 Å². The van der Waals surface area contributed by atoms with Gasteiger partial charge in [0, 0.05) is 11.4 Å². The van der Waals surface area contributed by atoms with Crippen molar-refractivity contribution in [2.24, 2.45) is 0 Å². The highest BCUT2D eigenvalue weighted by molar-refractivity contribution is 6.42. The summed E-state index contributed by atoms with van der Waals surface area (Å²) in [5, 5.41) is 11.7. The van der Waals surface area contributed by atoms with E-state index in [1.165, 1.54) is 0 Å². The predicted molar refractivity (Wildman–Crippen MR) is 76.6 cm³/mol. The molecule has 0 aliphatic carbocycles. The minimum atomic E-state index is -0.657. The van der Waals surface area contributed by atoms with Crippen molar-refractivity contribution < 1.29 is 5.11 Å². The van der Waals surface area contributed by atoms with Gasteiger partial charge < -0.3 is 5.11 Å². The lowest BCUT2D eigenvalue weighted by molar-refractivity contribution is 0.178. The van der Waals surface area contributed by atoms with Gasteiger partial charge in [-0.1, -0.05) is 59.1 Å². The molecule has 0 aliphatic heterocycles. The van der Waals surface area contributed by atoms with Gasteiger partial charge in [0.2, 0.25) is 0 Å². The van der Waals surface area contributed by atoms with E-state index in [0.717, 1.165) is 5.56 Å². The smallest absolute Gasteiger partial charge is 0.0844 e. The summed E-state index contributed by atoms with van der Waals surface area (Å²) in [5.74, 6) is 0. The number of aliphatic hydroxyl groups excluding tert-OH is 1. The molecule has 0 bridgehead atoms. The quantitative estimate of drug-likeness (QED) is 0.853. The van der Waals surface area contributed by atoms with Crippen molar-refractivity contribution >= 4 is 34.8 Å². The summed E-state index contributed by atoms with van der Waals surface area (Å²) in [6.07, 6.45) is -0.211. The second-order valence-corrected chi connectivity index (χ2v) is 5.21. The van der Waals surface area contributed by atoms with Crippen LogP contribution < -0.4 is 0 Å². The maximum absolute atomic E-state index is 10.2. The van der Waals surface area contributed by atoms with E-state index in [9.17, 15) is 5.11 Å². The summed E-state index contributed by atoms with van der Waals surface area (Å²) >= 11 is 17.8. The third kappa shape index (κ3) is 3.18. The van der Waals surface area contributed by atoms with Crippen LogP contribution in [0.4, 0.5) is 0 Å². The SMILES string of the molecule is OC(Cc1ccc(Cl)c(Cl)c1)c1ccccc1Cl. The Morgan fingerprint density at radius 1 is 0.889 bits per heavy atom. The Morgan fingerprint density at radius 2 is 1.61 bits per heavy atom. The minimum absolute atomic E-state index is 0.445. The average molecular weight is 302 g/mol. The molecule has 1 unspecified atom stereocenters. The lowest BCUT2D eigenvalue weighted by Gasteiger charge is -2.13. The monoisotopic (exact) mass is 300 g/mol. The molecule has 0 saturated carbocycles. The molecule has 2 rings (SSSR count). The molecule has 1 atom stereocenters. The van der Waals surface area contributed by atoms with E-state index < -0.39 is 6.10 Å². The number of benzene rings is 2. The molecule has 94 valence electrons. The highest BCUT2D eigenvalue weighted by atomic mass is 35.5. The lowest BCUT2D eigenvalue weighted by atomic mass is 10.0.